The van der Waals surface area contributed by atoms with E-state index in [1.807, 2.05) is 0 Å². The second-order valence-corrected chi connectivity index (χ2v) is 13.3. The van der Waals surface area contributed by atoms with Crippen LogP contribution < -0.4 is 5.32 Å². The zero-order chi connectivity index (χ0) is 43.9. The van der Waals surface area contributed by atoms with Crippen molar-refractivity contribution in [3.05, 3.63) is 0 Å². The van der Waals surface area contributed by atoms with Crippen LogP contribution >= 0.6 is 12.6 Å². The first kappa shape index (κ1) is 52.3. The van der Waals surface area contributed by atoms with Gasteiger partial charge in [0.25, 0.3) is 5.91 Å². The SMILES string of the molecule is CC#CC#CC#CC#CC#CC#CC#CC#CC#CC#CC#CC#CC(=O)N[C@@H](CO[C@H]1OC(CS)[C@H](O)[C@H](O)C1O)[C@H](O)[C@H](O)CCCCCCCCCCCCCC. The van der Waals surface area contributed by atoms with Crippen LogP contribution in [0.25, 0.3) is 0 Å². The molecule has 0 bridgehead atoms. The number of aliphatic hydroxyl groups excluding tert-OH is 5. The van der Waals surface area contributed by atoms with Gasteiger partial charge in [-0.3, -0.25) is 4.79 Å². The van der Waals surface area contributed by atoms with E-state index < -0.39 is 61.5 Å². The summed E-state index contributed by atoms with van der Waals surface area (Å²) in [7, 11) is 0. The molecule has 1 fully saturated rings. The Kier molecular flexibility index (Phi) is 31.7. The molecule has 1 rings (SSSR count). The number of rotatable bonds is 20. The number of amides is 1. The maximum Gasteiger partial charge on any atom is 0.297 e. The Bertz CT molecular complexity index is 2140. The number of hydrogen-bond donors (Lipinski definition) is 7. The second kappa shape index (κ2) is 36.3. The number of unbranched alkanes of at least 4 members (excludes halogenated alkanes) is 11. The lowest BCUT2D eigenvalue weighted by atomic mass is 9.98. The number of aliphatic hydroxyl groups is 5. The molecule has 8 atom stereocenters. The van der Waals surface area contributed by atoms with Crippen molar-refractivity contribution >= 4 is 18.5 Å². The first-order valence-electron chi connectivity index (χ1n) is 19.8. The fourth-order valence-electron chi connectivity index (χ4n) is 5.24. The normalized spacial score (nSPS) is 17.8. The maximum atomic E-state index is 12.7. The molecule has 10 heteroatoms. The van der Waals surface area contributed by atoms with Crippen molar-refractivity contribution < 1.29 is 39.8 Å². The van der Waals surface area contributed by atoms with Crippen LogP contribution in [0.5, 0.6) is 0 Å². The van der Waals surface area contributed by atoms with Crippen LogP contribution in [0, 0.1) is 142 Å². The van der Waals surface area contributed by atoms with Gasteiger partial charge in [-0.25, -0.2) is 0 Å². The molecule has 1 amide bonds. The standard InChI is InChI=1S/C50H51NO8S/c1-3-5-7-9-11-13-15-17-18-19-20-21-22-23-24-25-26-27-29-31-33-35-37-39-45(53)51-42(40-58-50-49(57)48(56)47(55)44(41-60)59-50)46(54)43(52)38-36-34-32-30-28-16-14-12-10-8-6-4-2/h42-44,46-50,52,54-57,60H,4,6,8,10,12,14,16,28,30,32,34,36,38,40-41H2,1-2H3,(H,51,53)/t42-,43+,44?,46-,47-,48-,49?,50-/m0/s1. The van der Waals surface area contributed by atoms with Crippen LogP contribution in [-0.4, -0.2) is 92.8 Å². The minimum Gasteiger partial charge on any atom is -0.390 e. The van der Waals surface area contributed by atoms with Gasteiger partial charge < -0.3 is 40.3 Å². The van der Waals surface area contributed by atoms with Crippen LogP contribution in [0.4, 0.5) is 0 Å². The van der Waals surface area contributed by atoms with E-state index in [1.54, 1.807) is 6.92 Å². The third-order valence-electron chi connectivity index (χ3n) is 8.38. The summed E-state index contributed by atoms with van der Waals surface area (Å²) in [5.41, 5.74) is 0. The maximum absolute atomic E-state index is 12.7. The average molecular weight is 826 g/mol. The van der Waals surface area contributed by atoms with Crippen LogP contribution in [0.3, 0.4) is 0 Å². The highest BCUT2D eigenvalue weighted by atomic mass is 32.1. The highest BCUT2D eigenvalue weighted by Crippen LogP contribution is 2.23. The molecule has 0 aromatic carbocycles. The van der Waals surface area contributed by atoms with E-state index in [9.17, 15) is 30.3 Å². The Morgan fingerprint density at radius 1 is 0.600 bits per heavy atom. The minimum atomic E-state index is -1.62. The number of nitrogens with one attached hydrogen (secondary N) is 1. The summed E-state index contributed by atoms with van der Waals surface area (Å²) < 4.78 is 11.2. The second-order valence-electron chi connectivity index (χ2n) is 13.0. The molecule has 60 heavy (non-hydrogen) atoms. The van der Waals surface area contributed by atoms with E-state index in [1.165, 1.54) is 51.4 Å². The van der Waals surface area contributed by atoms with Crippen LogP contribution in [0.15, 0.2) is 0 Å². The topological polar surface area (TPSA) is 149 Å². The number of ether oxygens (including phenoxy) is 2. The molecule has 0 spiro atoms. The first-order valence-corrected chi connectivity index (χ1v) is 20.4. The molecule has 0 aromatic heterocycles. The van der Waals surface area contributed by atoms with Gasteiger partial charge in [-0.05, 0) is 108 Å². The largest absolute Gasteiger partial charge is 0.390 e. The predicted molar refractivity (Wildman–Crippen MR) is 235 cm³/mol. The zero-order valence-electron chi connectivity index (χ0n) is 34.1. The van der Waals surface area contributed by atoms with Gasteiger partial charge in [0, 0.05) is 47.2 Å². The van der Waals surface area contributed by atoms with Crippen molar-refractivity contribution in [1.29, 1.82) is 0 Å². The summed E-state index contributed by atoms with van der Waals surface area (Å²) in [6.45, 7) is 3.46. The molecular weight excluding hydrogens is 775 g/mol. The molecule has 2 unspecified atom stereocenters. The molecule has 0 aliphatic carbocycles. The monoisotopic (exact) mass is 825 g/mol. The summed E-state index contributed by atoms with van der Waals surface area (Å²) in [5, 5.41) is 55.2. The van der Waals surface area contributed by atoms with Gasteiger partial charge in [0.05, 0.1) is 24.9 Å². The molecule has 6 N–H and O–H groups in total. The van der Waals surface area contributed by atoms with E-state index in [2.05, 4.69) is 167 Å². The van der Waals surface area contributed by atoms with Crippen LogP contribution in [-0.2, 0) is 14.3 Å². The molecule has 0 saturated carbocycles. The van der Waals surface area contributed by atoms with Gasteiger partial charge in [-0.15, -0.1) is 0 Å². The Morgan fingerprint density at radius 3 is 1.42 bits per heavy atom. The highest BCUT2D eigenvalue weighted by Gasteiger charge is 2.44. The number of thiol groups is 1. The van der Waals surface area contributed by atoms with Gasteiger partial charge in [-0.1, -0.05) is 89.9 Å². The van der Waals surface area contributed by atoms with Crippen molar-refractivity contribution in [3.63, 3.8) is 0 Å². The molecule has 0 radical (unpaired) electrons. The predicted octanol–water partition coefficient (Wildman–Crippen LogP) is 2.10. The van der Waals surface area contributed by atoms with Crippen LogP contribution in [0.1, 0.15) is 97.3 Å². The van der Waals surface area contributed by atoms with E-state index >= 15 is 0 Å². The minimum absolute atomic E-state index is 0.0268. The van der Waals surface area contributed by atoms with Crippen molar-refractivity contribution in [3.8, 4) is 142 Å². The number of carbonyl (C=O) groups is 1. The van der Waals surface area contributed by atoms with Gasteiger partial charge in [0.2, 0.25) is 0 Å². The Labute approximate surface area is 363 Å². The van der Waals surface area contributed by atoms with E-state index in [0.717, 1.165) is 19.3 Å². The highest BCUT2D eigenvalue weighted by molar-refractivity contribution is 7.80. The fourth-order valence-corrected chi connectivity index (χ4v) is 5.54. The molecule has 1 heterocycles. The van der Waals surface area contributed by atoms with Crippen molar-refractivity contribution in [2.45, 2.75) is 146 Å². The lowest BCUT2D eigenvalue weighted by Crippen LogP contribution is -2.60. The summed E-state index contributed by atoms with van der Waals surface area (Å²) >= 11 is 4.11. The molecule has 1 aliphatic rings. The number of hydrogen-bond acceptors (Lipinski definition) is 9. The van der Waals surface area contributed by atoms with Crippen molar-refractivity contribution in [1.82, 2.24) is 5.32 Å². The van der Waals surface area contributed by atoms with Crippen LogP contribution in [0.2, 0.25) is 0 Å². The lowest BCUT2D eigenvalue weighted by Gasteiger charge is -2.40. The summed E-state index contributed by atoms with van der Waals surface area (Å²) in [4.78, 5) is 12.7. The van der Waals surface area contributed by atoms with Gasteiger partial charge in [0.15, 0.2) is 6.29 Å². The molecular formula is C50H51NO8S. The molecule has 1 aliphatic heterocycles. The fraction of sp³-hybridized carbons (Fsp3) is 0.500. The summed E-state index contributed by atoms with van der Waals surface area (Å²) in [6, 6.07) is -1.19. The van der Waals surface area contributed by atoms with Gasteiger partial charge in [-0.2, -0.15) is 12.6 Å². The first-order chi connectivity index (χ1) is 29.3. The van der Waals surface area contributed by atoms with Gasteiger partial charge in [0.1, 0.15) is 24.4 Å². The third-order valence-corrected chi connectivity index (χ3v) is 8.74. The number of carbonyl (C=O) groups excluding carboxylic acids is 1. The Balaban J connectivity index is 2.73. The van der Waals surface area contributed by atoms with E-state index in [-0.39, 0.29) is 12.2 Å². The molecule has 9 nitrogen and oxygen atoms in total. The Morgan fingerprint density at radius 2 is 1.00 bits per heavy atom. The zero-order valence-corrected chi connectivity index (χ0v) is 35.0. The van der Waals surface area contributed by atoms with Gasteiger partial charge >= 0.3 is 0 Å². The quantitative estimate of drug-likeness (QED) is 0.0562. The van der Waals surface area contributed by atoms with E-state index in [0.29, 0.717) is 6.42 Å². The smallest absolute Gasteiger partial charge is 0.297 e. The molecule has 0 aromatic rings. The average Bonchev–Trinajstić information content (AvgIpc) is 3.25. The van der Waals surface area contributed by atoms with Crippen molar-refractivity contribution in [2.75, 3.05) is 12.4 Å². The lowest BCUT2D eigenvalue weighted by molar-refractivity contribution is -0.294. The summed E-state index contributed by atoms with van der Waals surface area (Å²) in [5.74, 6) is 58.7. The Hall–Kier alpha value is -5.74. The molecule has 310 valence electrons. The van der Waals surface area contributed by atoms with E-state index in [4.69, 9.17) is 9.47 Å². The van der Waals surface area contributed by atoms with Crippen molar-refractivity contribution in [2.24, 2.45) is 0 Å². The molecule has 1 saturated heterocycles. The third kappa shape index (κ3) is 26.3. The summed E-state index contributed by atoms with van der Waals surface area (Å²) in [6.07, 6.45) is 4.46.